The van der Waals surface area contributed by atoms with Gasteiger partial charge in [0, 0.05) is 13.0 Å². The molecule has 4 amide bonds. The Labute approximate surface area is 187 Å². The zero-order valence-electron chi connectivity index (χ0n) is 18.6. The minimum absolute atomic E-state index is 0.0530. The van der Waals surface area contributed by atoms with E-state index in [0.717, 1.165) is 0 Å². The lowest BCUT2D eigenvalue weighted by atomic mass is 10.0. The number of guanidine groups is 1. The Balaban J connectivity index is 4.74. The number of hydrogen-bond donors (Lipinski definition) is 7. The number of primary amides is 1. The van der Waals surface area contributed by atoms with E-state index in [-0.39, 0.29) is 24.7 Å². The molecule has 11 N–H and O–H groups in total. The van der Waals surface area contributed by atoms with Crippen molar-refractivity contribution < 1.29 is 24.0 Å². The standard InChI is InChI=1S/C19H36N8O5/c1-11(2)8-14(18(32)26-12(10-28)4-3-7-24-19(22)23)27-16(30)9-25-17(31)13(20)5-6-15(21)29/h10-14H,3-9,20H2,1-2H3,(H2,21,29)(H,25,31)(H,26,32)(H,27,30)(H4,22,23,24)/t12-,13-,14-/m1/s1. The molecule has 0 heterocycles. The molecular formula is C19H36N8O5. The Hall–Kier alpha value is -3.22. The lowest BCUT2D eigenvalue weighted by Crippen LogP contribution is -2.53. The van der Waals surface area contributed by atoms with E-state index < -0.39 is 48.3 Å². The lowest BCUT2D eigenvalue weighted by molar-refractivity contribution is -0.131. The second kappa shape index (κ2) is 15.6. The molecule has 0 bridgehead atoms. The minimum Gasteiger partial charge on any atom is -0.370 e. The van der Waals surface area contributed by atoms with Crippen LogP contribution in [0.5, 0.6) is 0 Å². The first-order chi connectivity index (χ1) is 15.0. The van der Waals surface area contributed by atoms with Crippen molar-refractivity contribution >= 4 is 35.9 Å². The summed E-state index contributed by atoms with van der Waals surface area (Å²) >= 11 is 0. The summed E-state index contributed by atoms with van der Waals surface area (Å²) in [6.07, 6.45) is 1.73. The third kappa shape index (κ3) is 13.9. The van der Waals surface area contributed by atoms with Gasteiger partial charge in [-0.25, -0.2) is 0 Å². The van der Waals surface area contributed by atoms with E-state index in [4.69, 9.17) is 22.9 Å². The number of carbonyl (C=O) groups is 5. The lowest BCUT2D eigenvalue weighted by Gasteiger charge is -2.22. The second-order valence-corrected chi connectivity index (χ2v) is 7.78. The predicted molar refractivity (Wildman–Crippen MR) is 119 cm³/mol. The van der Waals surface area contributed by atoms with Crippen LogP contribution in [0.15, 0.2) is 4.99 Å². The molecule has 3 atom stereocenters. The zero-order chi connectivity index (χ0) is 24.7. The van der Waals surface area contributed by atoms with Gasteiger partial charge in [0.05, 0.1) is 18.6 Å². The van der Waals surface area contributed by atoms with Crippen molar-refractivity contribution in [3.05, 3.63) is 0 Å². The van der Waals surface area contributed by atoms with Crippen LogP contribution in [0.1, 0.15) is 46.0 Å². The topological polar surface area (TPSA) is 238 Å². The number of rotatable bonds is 16. The Morgan fingerprint density at radius 1 is 1.00 bits per heavy atom. The van der Waals surface area contributed by atoms with Crippen LogP contribution >= 0.6 is 0 Å². The first-order valence-corrected chi connectivity index (χ1v) is 10.4. The van der Waals surface area contributed by atoms with E-state index >= 15 is 0 Å². The SMILES string of the molecule is CC(C)C[C@@H](NC(=O)CNC(=O)[C@H](N)CCC(N)=O)C(=O)N[C@@H](C=O)CCCN=C(N)N. The summed E-state index contributed by atoms with van der Waals surface area (Å²) in [4.78, 5) is 62.6. The molecule has 0 aliphatic carbocycles. The number of hydrogen-bond acceptors (Lipinski definition) is 7. The summed E-state index contributed by atoms with van der Waals surface area (Å²) in [7, 11) is 0. The molecule has 0 radical (unpaired) electrons. The van der Waals surface area contributed by atoms with Crippen molar-refractivity contribution in [3.8, 4) is 0 Å². The van der Waals surface area contributed by atoms with Crippen LogP contribution in [0.3, 0.4) is 0 Å². The Morgan fingerprint density at radius 3 is 2.19 bits per heavy atom. The zero-order valence-corrected chi connectivity index (χ0v) is 18.6. The number of nitrogens with one attached hydrogen (secondary N) is 3. The quantitative estimate of drug-likeness (QED) is 0.0544. The average molecular weight is 457 g/mol. The Bertz CT molecular complexity index is 679. The van der Waals surface area contributed by atoms with Gasteiger partial charge in [0.15, 0.2) is 5.96 Å². The second-order valence-electron chi connectivity index (χ2n) is 7.78. The van der Waals surface area contributed by atoms with Gasteiger partial charge >= 0.3 is 0 Å². The van der Waals surface area contributed by atoms with E-state index in [1.807, 2.05) is 13.8 Å². The monoisotopic (exact) mass is 456 g/mol. The maximum atomic E-state index is 12.6. The van der Waals surface area contributed by atoms with E-state index in [1.54, 1.807) is 0 Å². The fourth-order valence-corrected chi connectivity index (χ4v) is 2.65. The van der Waals surface area contributed by atoms with Crippen molar-refractivity contribution in [2.24, 2.45) is 33.8 Å². The van der Waals surface area contributed by atoms with Gasteiger partial charge in [0.2, 0.25) is 23.6 Å². The van der Waals surface area contributed by atoms with Crippen LogP contribution in [0.4, 0.5) is 0 Å². The largest absolute Gasteiger partial charge is 0.370 e. The molecule has 182 valence electrons. The van der Waals surface area contributed by atoms with Crippen molar-refractivity contribution in [2.75, 3.05) is 13.1 Å². The highest BCUT2D eigenvalue weighted by Gasteiger charge is 2.24. The summed E-state index contributed by atoms with van der Waals surface area (Å²) in [6, 6.07) is -2.65. The number of aliphatic imine (C=N–C) groups is 1. The van der Waals surface area contributed by atoms with E-state index in [1.165, 1.54) is 0 Å². The Kier molecular flexibility index (Phi) is 14.0. The summed E-state index contributed by atoms with van der Waals surface area (Å²) in [5.74, 6) is -2.31. The molecule has 0 saturated heterocycles. The molecule has 13 nitrogen and oxygen atoms in total. The number of amides is 4. The van der Waals surface area contributed by atoms with E-state index in [2.05, 4.69) is 20.9 Å². The molecule has 0 unspecified atom stereocenters. The number of nitrogens with zero attached hydrogens (tertiary/aromatic N) is 1. The third-order valence-corrected chi connectivity index (χ3v) is 4.28. The summed E-state index contributed by atoms with van der Waals surface area (Å²) < 4.78 is 0. The van der Waals surface area contributed by atoms with Crippen LogP contribution in [0.2, 0.25) is 0 Å². The van der Waals surface area contributed by atoms with Gasteiger partial charge in [-0.15, -0.1) is 0 Å². The van der Waals surface area contributed by atoms with Gasteiger partial charge in [-0.05, 0) is 31.6 Å². The maximum Gasteiger partial charge on any atom is 0.243 e. The number of nitrogens with two attached hydrogens (primary N) is 4. The van der Waals surface area contributed by atoms with Gasteiger partial charge in [0.1, 0.15) is 12.3 Å². The summed E-state index contributed by atoms with van der Waals surface area (Å²) in [6.45, 7) is 3.66. The highest BCUT2D eigenvalue weighted by molar-refractivity contribution is 5.91. The molecule has 0 aliphatic rings. The highest BCUT2D eigenvalue weighted by Crippen LogP contribution is 2.06. The minimum atomic E-state index is -0.989. The molecule has 0 aromatic carbocycles. The maximum absolute atomic E-state index is 12.6. The van der Waals surface area contributed by atoms with Gasteiger partial charge in [-0.1, -0.05) is 13.8 Å². The summed E-state index contributed by atoms with van der Waals surface area (Å²) in [5, 5.41) is 7.50. The van der Waals surface area contributed by atoms with Crippen LogP contribution in [0.25, 0.3) is 0 Å². The van der Waals surface area contributed by atoms with Crippen LogP contribution in [0, 0.1) is 5.92 Å². The van der Waals surface area contributed by atoms with Gasteiger partial charge in [-0.2, -0.15) is 0 Å². The van der Waals surface area contributed by atoms with Crippen LogP contribution in [-0.2, 0) is 24.0 Å². The molecule has 0 aliphatic heterocycles. The molecule has 32 heavy (non-hydrogen) atoms. The van der Waals surface area contributed by atoms with Crippen molar-refractivity contribution in [3.63, 3.8) is 0 Å². The van der Waals surface area contributed by atoms with Gasteiger partial charge in [-0.3, -0.25) is 24.2 Å². The van der Waals surface area contributed by atoms with Gasteiger partial charge in [0.25, 0.3) is 0 Å². The fourth-order valence-electron chi connectivity index (χ4n) is 2.65. The molecule has 13 heteroatoms. The highest BCUT2D eigenvalue weighted by atomic mass is 16.2. The average Bonchev–Trinajstić information content (AvgIpc) is 2.71. The van der Waals surface area contributed by atoms with Crippen molar-refractivity contribution in [1.82, 2.24) is 16.0 Å². The molecule has 0 saturated carbocycles. The molecule has 0 aromatic heterocycles. The Morgan fingerprint density at radius 2 is 1.66 bits per heavy atom. The van der Waals surface area contributed by atoms with Crippen molar-refractivity contribution in [2.45, 2.75) is 64.1 Å². The molecule has 0 rings (SSSR count). The van der Waals surface area contributed by atoms with E-state index in [9.17, 15) is 24.0 Å². The molecular weight excluding hydrogens is 420 g/mol. The molecule has 0 aromatic rings. The number of carbonyl (C=O) groups excluding carboxylic acids is 5. The fraction of sp³-hybridized carbons (Fsp3) is 0.684. The smallest absolute Gasteiger partial charge is 0.243 e. The number of aldehydes is 1. The first kappa shape index (κ1) is 28.8. The third-order valence-electron chi connectivity index (χ3n) is 4.28. The normalized spacial score (nSPS) is 13.4. The summed E-state index contributed by atoms with van der Waals surface area (Å²) in [5.41, 5.74) is 21.1. The predicted octanol–water partition coefficient (Wildman–Crippen LogP) is -3.04. The first-order valence-electron chi connectivity index (χ1n) is 10.4. The van der Waals surface area contributed by atoms with Crippen LogP contribution < -0.4 is 38.9 Å². The van der Waals surface area contributed by atoms with Crippen molar-refractivity contribution in [1.29, 1.82) is 0 Å². The van der Waals surface area contributed by atoms with Gasteiger partial charge < -0.3 is 43.7 Å². The van der Waals surface area contributed by atoms with Crippen LogP contribution in [-0.4, -0.2) is 67.1 Å². The molecule has 0 fully saturated rings. The molecule has 0 spiro atoms. The van der Waals surface area contributed by atoms with E-state index in [0.29, 0.717) is 32.1 Å².